The first-order valence-electron chi connectivity index (χ1n) is 8.84. The van der Waals surface area contributed by atoms with E-state index in [2.05, 4.69) is 15.6 Å². The van der Waals surface area contributed by atoms with Crippen molar-refractivity contribution in [1.29, 1.82) is 0 Å². The summed E-state index contributed by atoms with van der Waals surface area (Å²) in [6.07, 6.45) is 4.62. The third-order valence-electron chi connectivity index (χ3n) is 4.87. The molecule has 1 aliphatic rings. The molecular formula is C20H23N3O4. The Morgan fingerprint density at radius 2 is 1.89 bits per heavy atom. The van der Waals surface area contributed by atoms with Crippen molar-refractivity contribution < 1.29 is 19.1 Å². The van der Waals surface area contributed by atoms with Gasteiger partial charge in [-0.3, -0.25) is 14.6 Å². The van der Waals surface area contributed by atoms with Gasteiger partial charge in [0.2, 0.25) is 0 Å². The topological polar surface area (TPSA) is 89.5 Å². The summed E-state index contributed by atoms with van der Waals surface area (Å²) in [5, 5.41) is 5.32. The number of carbonyl (C=O) groups excluding carboxylic acids is 2. The Morgan fingerprint density at radius 3 is 2.52 bits per heavy atom. The van der Waals surface area contributed by atoms with Crippen LogP contribution >= 0.6 is 0 Å². The van der Waals surface area contributed by atoms with Crippen LogP contribution in [0.4, 0.5) is 5.69 Å². The molecule has 142 valence electrons. The molecule has 1 aromatic carbocycles. The van der Waals surface area contributed by atoms with Crippen LogP contribution in [0.2, 0.25) is 0 Å². The number of hydrogen-bond acceptors (Lipinski definition) is 5. The number of nitrogens with zero attached hydrogens (tertiary/aromatic N) is 1. The number of amides is 2. The highest BCUT2D eigenvalue weighted by Gasteiger charge is 2.35. The zero-order valence-corrected chi connectivity index (χ0v) is 15.2. The fourth-order valence-corrected chi connectivity index (χ4v) is 3.23. The molecule has 0 atom stereocenters. The summed E-state index contributed by atoms with van der Waals surface area (Å²) in [7, 11) is 1.63. The molecular weight excluding hydrogens is 346 g/mol. The molecule has 2 N–H and O–H groups in total. The second kappa shape index (κ2) is 8.64. The fraction of sp³-hybridized carbons (Fsp3) is 0.350. The summed E-state index contributed by atoms with van der Waals surface area (Å²) in [4.78, 5) is 28.3. The first kappa shape index (κ1) is 18.8. The number of aromatic nitrogens is 1. The average molecular weight is 369 g/mol. The van der Waals surface area contributed by atoms with Crippen molar-refractivity contribution in [3.63, 3.8) is 0 Å². The molecule has 2 heterocycles. The molecule has 0 radical (unpaired) electrons. The highest BCUT2D eigenvalue weighted by Crippen LogP contribution is 2.35. The van der Waals surface area contributed by atoms with Crippen LogP contribution in [0.5, 0.6) is 5.75 Å². The van der Waals surface area contributed by atoms with Gasteiger partial charge in [-0.1, -0.05) is 12.1 Å². The Balaban J connectivity index is 1.67. The number of carbonyl (C=O) groups is 2. The Kier molecular flexibility index (Phi) is 6.03. The van der Waals surface area contributed by atoms with E-state index in [1.54, 1.807) is 25.4 Å². The second-order valence-corrected chi connectivity index (χ2v) is 6.50. The molecule has 0 spiro atoms. The van der Waals surface area contributed by atoms with E-state index in [0.717, 1.165) is 24.2 Å². The van der Waals surface area contributed by atoms with Crippen LogP contribution in [-0.4, -0.2) is 43.7 Å². The second-order valence-electron chi connectivity index (χ2n) is 6.50. The smallest absolute Gasteiger partial charge is 0.313 e. The largest absolute Gasteiger partial charge is 0.497 e. The number of anilines is 1. The minimum Gasteiger partial charge on any atom is -0.497 e. The SMILES string of the molecule is COc1ccc(C2(CNC(=O)C(=O)Nc3cccnc3)CCOCC2)cc1. The Morgan fingerprint density at radius 1 is 1.15 bits per heavy atom. The van der Waals surface area contributed by atoms with Gasteiger partial charge in [0.15, 0.2) is 0 Å². The molecule has 2 amide bonds. The Bertz CT molecular complexity index is 772. The van der Waals surface area contributed by atoms with E-state index in [1.165, 1.54) is 6.20 Å². The maximum absolute atomic E-state index is 12.3. The summed E-state index contributed by atoms with van der Waals surface area (Å²) >= 11 is 0. The van der Waals surface area contributed by atoms with E-state index in [-0.39, 0.29) is 5.41 Å². The standard InChI is InChI=1S/C20H23N3O4/c1-26-17-6-4-15(5-7-17)20(8-11-27-12-9-20)14-22-18(24)19(25)23-16-3-2-10-21-13-16/h2-7,10,13H,8-9,11-12,14H2,1H3,(H,22,24)(H,23,25). The lowest BCUT2D eigenvalue weighted by Gasteiger charge is -2.38. The highest BCUT2D eigenvalue weighted by molar-refractivity contribution is 6.39. The van der Waals surface area contributed by atoms with E-state index < -0.39 is 11.8 Å². The van der Waals surface area contributed by atoms with Gasteiger partial charge in [0.05, 0.1) is 19.0 Å². The van der Waals surface area contributed by atoms with E-state index in [4.69, 9.17) is 9.47 Å². The Labute approximate surface area is 158 Å². The number of ether oxygens (including phenoxy) is 2. The predicted molar refractivity (Wildman–Crippen MR) is 101 cm³/mol. The van der Waals surface area contributed by atoms with Gasteiger partial charge in [-0.05, 0) is 42.7 Å². The molecule has 7 heteroatoms. The number of methoxy groups -OCH3 is 1. The number of pyridine rings is 1. The van der Waals surface area contributed by atoms with E-state index in [0.29, 0.717) is 25.4 Å². The van der Waals surface area contributed by atoms with Crippen molar-refractivity contribution in [2.24, 2.45) is 0 Å². The first-order chi connectivity index (χ1) is 13.1. The molecule has 27 heavy (non-hydrogen) atoms. The molecule has 1 saturated heterocycles. The lowest BCUT2D eigenvalue weighted by Crippen LogP contribution is -2.47. The molecule has 0 aliphatic carbocycles. The van der Waals surface area contributed by atoms with Crippen LogP contribution in [-0.2, 0) is 19.7 Å². The van der Waals surface area contributed by atoms with Gasteiger partial charge in [-0.25, -0.2) is 0 Å². The van der Waals surface area contributed by atoms with Gasteiger partial charge < -0.3 is 20.1 Å². The van der Waals surface area contributed by atoms with Crippen molar-refractivity contribution in [3.05, 3.63) is 54.4 Å². The van der Waals surface area contributed by atoms with Crippen molar-refractivity contribution in [1.82, 2.24) is 10.3 Å². The summed E-state index contributed by atoms with van der Waals surface area (Å²) in [5.74, 6) is -0.598. The molecule has 0 unspecified atom stereocenters. The molecule has 1 aromatic heterocycles. The minimum absolute atomic E-state index is 0.269. The third-order valence-corrected chi connectivity index (χ3v) is 4.87. The van der Waals surface area contributed by atoms with E-state index in [9.17, 15) is 9.59 Å². The quantitative estimate of drug-likeness (QED) is 0.786. The van der Waals surface area contributed by atoms with Crippen LogP contribution in [0.15, 0.2) is 48.8 Å². The molecule has 1 aliphatic heterocycles. The Hall–Kier alpha value is -2.93. The zero-order chi connectivity index (χ0) is 19.1. The van der Waals surface area contributed by atoms with Gasteiger partial charge >= 0.3 is 11.8 Å². The van der Waals surface area contributed by atoms with Crippen molar-refractivity contribution >= 4 is 17.5 Å². The number of hydrogen-bond donors (Lipinski definition) is 2. The molecule has 0 bridgehead atoms. The van der Waals surface area contributed by atoms with Crippen LogP contribution in [0.3, 0.4) is 0 Å². The molecule has 2 aromatic rings. The molecule has 1 fully saturated rings. The van der Waals surface area contributed by atoms with Gasteiger partial charge in [0, 0.05) is 31.4 Å². The lowest BCUT2D eigenvalue weighted by atomic mass is 9.74. The molecule has 7 nitrogen and oxygen atoms in total. The zero-order valence-electron chi connectivity index (χ0n) is 15.2. The van der Waals surface area contributed by atoms with Gasteiger partial charge in [0.1, 0.15) is 5.75 Å². The minimum atomic E-state index is -0.708. The van der Waals surface area contributed by atoms with Gasteiger partial charge in [-0.15, -0.1) is 0 Å². The van der Waals surface area contributed by atoms with Crippen LogP contribution in [0, 0.1) is 0 Å². The third kappa shape index (κ3) is 4.62. The predicted octanol–water partition coefficient (Wildman–Crippen LogP) is 1.89. The number of rotatable bonds is 5. The first-order valence-corrected chi connectivity index (χ1v) is 8.84. The van der Waals surface area contributed by atoms with Crippen LogP contribution in [0.1, 0.15) is 18.4 Å². The maximum Gasteiger partial charge on any atom is 0.313 e. The van der Waals surface area contributed by atoms with Gasteiger partial charge in [0.25, 0.3) is 0 Å². The van der Waals surface area contributed by atoms with Crippen molar-refractivity contribution in [3.8, 4) is 5.75 Å². The monoisotopic (exact) mass is 369 g/mol. The normalized spacial score (nSPS) is 15.6. The summed E-state index contributed by atoms with van der Waals surface area (Å²) in [5.41, 5.74) is 1.31. The van der Waals surface area contributed by atoms with Crippen molar-refractivity contribution in [2.45, 2.75) is 18.3 Å². The van der Waals surface area contributed by atoms with E-state index >= 15 is 0 Å². The highest BCUT2D eigenvalue weighted by atomic mass is 16.5. The summed E-state index contributed by atoms with van der Waals surface area (Å²) in [6, 6.07) is 11.2. The van der Waals surface area contributed by atoms with Crippen LogP contribution < -0.4 is 15.4 Å². The number of nitrogens with one attached hydrogen (secondary N) is 2. The summed E-state index contributed by atoms with van der Waals surface area (Å²) in [6.45, 7) is 1.59. The average Bonchev–Trinajstić information content (AvgIpc) is 2.73. The maximum atomic E-state index is 12.3. The fourth-order valence-electron chi connectivity index (χ4n) is 3.23. The number of benzene rings is 1. The lowest BCUT2D eigenvalue weighted by molar-refractivity contribution is -0.136. The van der Waals surface area contributed by atoms with Gasteiger partial charge in [-0.2, -0.15) is 0 Å². The van der Waals surface area contributed by atoms with Crippen molar-refractivity contribution in [2.75, 3.05) is 32.2 Å². The van der Waals surface area contributed by atoms with E-state index in [1.807, 2.05) is 24.3 Å². The molecule has 3 rings (SSSR count). The van der Waals surface area contributed by atoms with Crippen LogP contribution in [0.25, 0.3) is 0 Å². The molecule has 0 saturated carbocycles. The summed E-state index contributed by atoms with van der Waals surface area (Å²) < 4.78 is 10.7.